The lowest BCUT2D eigenvalue weighted by molar-refractivity contribution is 0.206. The maximum atomic E-state index is 13.2. The van der Waals surface area contributed by atoms with E-state index in [9.17, 15) is 9.50 Å². The minimum atomic E-state index is -1.12. The average molecular weight is 439 g/mol. The Hall–Kier alpha value is -2.25. The predicted octanol–water partition coefficient (Wildman–Crippen LogP) is 3.10. The molecule has 6 nitrogen and oxygen atoms in total. The highest BCUT2D eigenvalue weighted by molar-refractivity contribution is 14.1. The minimum Gasteiger partial charge on any atom is -0.381 e. The van der Waals surface area contributed by atoms with Gasteiger partial charge in [-0.05, 0) is 53.8 Å². The fraction of sp³-hybridized carbons (Fsp3) is 0.188. The molecular formula is C16H15FIN5O. The second kappa shape index (κ2) is 7.55. The Labute approximate surface area is 152 Å². The van der Waals surface area contributed by atoms with Gasteiger partial charge in [-0.25, -0.2) is 4.39 Å². The van der Waals surface area contributed by atoms with Crippen LogP contribution in [-0.2, 0) is 7.05 Å². The lowest BCUT2D eigenvalue weighted by Gasteiger charge is -2.18. The van der Waals surface area contributed by atoms with E-state index in [1.807, 2.05) is 28.7 Å². The number of hydrogen-bond donors (Lipinski definition) is 3. The highest BCUT2D eigenvalue weighted by Gasteiger charge is 2.20. The van der Waals surface area contributed by atoms with Gasteiger partial charge >= 0.3 is 0 Å². The van der Waals surface area contributed by atoms with Crippen molar-refractivity contribution in [1.29, 1.82) is 10.7 Å². The molecule has 0 aliphatic rings. The van der Waals surface area contributed by atoms with Crippen LogP contribution in [0.3, 0.4) is 0 Å². The van der Waals surface area contributed by atoms with Crippen molar-refractivity contribution in [3.05, 3.63) is 56.8 Å². The number of allylic oxidation sites excluding steroid dienone is 1. The molecule has 8 heteroatoms. The summed E-state index contributed by atoms with van der Waals surface area (Å²) in [5.41, 5.74) is 1.76. The van der Waals surface area contributed by atoms with Gasteiger partial charge in [0.15, 0.2) is 5.69 Å². The molecule has 0 spiro atoms. The maximum absolute atomic E-state index is 13.2. The number of hydrogen-bond acceptors (Lipinski definition) is 5. The van der Waals surface area contributed by atoms with Gasteiger partial charge in [0.1, 0.15) is 18.0 Å². The number of aromatic nitrogens is 2. The van der Waals surface area contributed by atoms with E-state index < -0.39 is 6.10 Å². The molecule has 0 fully saturated rings. The molecule has 0 amide bonds. The molecule has 1 unspecified atom stereocenters. The second-order valence-corrected chi connectivity index (χ2v) is 6.29. The molecule has 0 bridgehead atoms. The monoisotopic (exact) mass is 439 g/mol. The number of aliphatic hydroxyl groups is 1. The zero-order valence-electron chi connectivity index (χ0n) is 13.0. The van der Waals surface area contributed by atoms with Crippen LogP contribution in [0.15, 0.2) is 36.0 Å². The third-order valence-corrected chi connectivity index (χ3v) is 4.08. The van der Waals surface area contributed by atoms with E-state index in [-0.39, 0.29) is 17.2 Å². The fourth-order valence-corrected chi connectivity index (χ4v) is 2.73. The topological polar surface area (TPSA) is 97.7 Å². The zero-order valence-corrected chi connectivity index (χ0v) is 15.2. The normalized spacial score (nSPS) is 12.6. The van der Waals surface area contributed by atoms with Gasteiger partial charge in [0, 0.05) is 22.4 Å². The number of aliphatic hydroxyl groups excluding tert-OH is 1. The second-order valence-electron chi connectivity index (χ2n) is 5.12. The number of rotatable bonds is 5. The number of nitrogens with one attached hydrogen (secondary N) is 2. The maximum Gasteiger partial charge on any atom is 0.162 e. The smallest absolute Gasteiger partial charge is 0.162 e. The minimum absolute atomic E-state index is 0.189. The van der Waals surface area contributed by atoms with Crippen LogP contribution in [0, 0.1) is 26.1 Å². The molecule has 2 aromatic rings. The van der Waals surface area contributed by atoms with E-state index in [4.69, 9.17) is 10.7 Å². The van der Waals surface area contributed by atoms with Crippen LogP contribution in [0.5, 0.6) is 0 Å². The van der Waals surface area contributed by atoms with Crippen LogP contribution in [0.25, 0.3) is 0 Å². The summed E-state index contributed by atoms with van der Waals surface area (Å²) in [6.07, 6.45) is 0.356. The van der Waals surface area contributed by atoms with E-state index in [0.29, 0.717) is 20.6 Å². The number of anilines is 1. The molecule has 2 rings (SSSR count). The summed E-state index contributed by atoms with van der Waals surface area (Å²) < 4.78 is 15.3. The number of nitrogens with zero attached hydrogens (tertiary/aromatic N) is 3. The molecule has 0 saturated carbocycles. The summed E-state index contributed by atoms with van der Waals surface area (Å²) in [4.78, 5) is 0. The summed E-state index contributed by atoms with van der Waals surface area (Å²) in [6, 6.07) is 7.63. The average Bonchev–Trinajstić information content (AvgIpc) is 2.89. The number of benzene rings is 1. The third-order valence-electron chi connectivity index (χ3n) is 3.19. The highest BCUT2D eigenvalue weighted by atomic mass is 127. The third kappa shape index (κ3) is 4.18. The van der Waals surface area contributed by atoms with Crippen LogP contribution >= 0.6 is 22.6 Å². The van der Waals surface area contributed by atoms with Crippen LogP contribution in [-0.4, -0.2) is 20.6 Å². The highest BCUT2D eigenvalue weighted by Crippen LogP contribution is 2.27. The zero-order chi connectivity index (χ0) is 17.9. The van der Waals surface area contributed by atoms with Crippen LogP contribution in [0.1, 0.15) is 24.4 Å². The molecule has 0 aliphatic heterocycles. The molecule has 1 atom stereocenters. The van der Waals surface area contributed by atoms with Gasteiger partial charge in [0.05, 0.1) is 17.1 Å². The van der Waals surface area contributed by atoms with E-state index >= 15 is 0 Å². The first kappa shape index (κ1) is 18.1. The Morgan fingerprint density at radius 3 is 2.79 bits per heavy atom. The number of halogens is 2. The van der Waals surface area contributed by atoms with Crippen molar-refractivity contribution in [2.45, 2.75) is 13.0 Å². The van der Waals surface area contributed by atoms with Crippen molar-refractivity contribution >= 4 is 34.0 Å². The molecule has 1 aromatic heterocycles. The van der Waals surface area contributed by atoms with Crippen molar-refractivity contribution in [2.24, 2.45) is 7.05 Å². The lowest BCUT2D eigenvalue weighted by Crippen LogP contribution is -2.15. The Morgan fingerprint density at radius 1 is 1.54 bits per heavy atom. The van der Waals surface area contributed by atoms with Crippen LogP contribution < -0.4 is 5.32 Å². The Morgan fingerprint density at radius 2 is 2.25 bits per heavy atom. The summed E-state index contributed by atoms with van der Waals surface area (Å²) >= 11 is 1.98. The molecular weight excluding hydrogens is 424 g/mol. The van der Waals surface area contributed by atoms with Gasteiger partial charge in [-0.3, -0.25) is 4.68 Å². The predicted molar refractivity (Wildman–Crippen MR) is 97.1 cm³/mol. The molecule has 0 saturated heterocycles. The summed E-state index contributed by atoms with van der Waals surface area (Å²) in [5, 5.41) is 34.3. The Balaban J connectivity index is 2.40. The lowest BCUT2D eigenvalue weighted by atomic mass is 10.1. The van der Waals surface area contributed by atoms with Gasteiger partial charge < -0.3 is 15.8 Å². The summed E-state index contributed by atoms with van der Waals surface area (Å²) in [7, 11) is 1.62. The molecule has 1 heterocycles. The molecule has 0 radical (unpaired) electrons. The van der Waals surface area contributed by atoms with Crippen molar-refractivity contribution in [2.75, 3.05) is 5.32 Å². The van der Waals surface area contributed by atoms with Gasteiger partial charge in [0.2, 0.25) is 0 Å². The number of aryl methyl sites for hydroxylation is 1. The first-order valence-electron chi connectivity index (χ1n) is 6.92. The van der Waals surface area contributed by atoms with Gasteiger partial charge in [0.25, 0.3) is 0 Å². The molecule has 124 valence electrons. The summed E-state index contributed by atoms with van der Waals surface area (Å²) in [5.74, 6) is -0.357. The quantitative estimate of drug-likeness (QED) is 0.493. The van der Waals surface area contributed by atoms with E-state index in [2.05, 4.69) is 10.4 Å². The Kier molecular flexibility index (Phi) is 5.69. The van der Waals surface area contributed by atoms with E-state index in [1.54, 1.807) is 20.0 Å². The van der Waals surface area contributed by atoms with Crippen molar-refractivity contribution in [3.63, 3.8) is 0 Å². The van der Waals surface area contributed by atoms with Gasteiger partial charge in [-0.1, -0.05) is 0 Å². The van der Waals surface area contributed by atoms with Gasteiger partial charge in [-0.2, -0.15) is 10.4 Å². The fourth-order valence-electron chi connectivity index (χ4n) is 2.11. The first-order valence-corrected chi connectivity index (χ1v) is 8.00. The molecule has 0 aliphatic carbocycles. The number of nitriles is 1. The van der Waals surface area contributed by atoms with Crippen molar-refractivity contribution in [1.82, 2.24) is 9.78 Å². The van der Waals surface area contributed by atoms with E-state index in [1.165, 1.54) is 29.0 Å². The van der Waals surface area contributed by atoms with Crippen LogP contribution in [0.4, 0.5) is 10.1 Å². The SMILES string of the molecule is CC(=N)/C=C(\Nc1ccc(F)cc1I)C(O)c1cc(C#N)nn1C. The van der Waals surface area contributed by atoms with Gasteiger partial charge in [-0.15, -0.1) is 0 Å². The Bertz CT molecular complexity index is 853. The standard InChI is InChI=1S/C16H15FIN5O/c1-9(20)5-14(21-13-4-3-10(17)6-12(13)18)16(24)15-7-11(8-19)22-23(15)2/h3-7,16,20-21,24H,1-2H3/b14-5-,20-9?. The van der Waals surface area contributed by atoms with Crippen molar-refractivity contribution in [3.8, 4) is 6.07 Å². The molecule has 3 N–H and O–H groups in total. The van der Waals surface area contributed by atoms with Crippen molar-refractivity contribution < 1.29 is 9.50 Å². The summed E-state index contributed by atoms with van der Waals surface area (Å²) in [6.45, 7) is 1.58. The van der Waals surface area contributed by atoms with E-state index in [0.717, 1.165) is 0 Å². The molecule has 24 heavy (non-hydrogen) atoms. The molecule has 1 aromatic carbocycles. The first-order chi connectivity index (χ1) is 11.3. The largest absolute Gasteiger partial charge is 0.381 e. The van der Waals surface area contributed by atoms with Crippen LogP contribution in [0.2, 0.25) is 0 Å².